The van der Waals surface area contributed by atoms with Crippen LogP contribution in [-0.4, -0.2) is 26.9 Å². The van der Waals surface area contributed by atoms with Crippen molar-refractivity contribution in [1.29, 1.82) is 0 Å². The van der Waals surface area contributed by atoms with Gasteiger partial charge in [-0.2, -0.15) is 0 Å². The van der Waals surface area contributed by atoms with E-state index in [1.165, 1.54) is 10.8 Å². The molecule has 0 aliphatic heterocycles. The molecule has 2 nitrogen and oxygen atoms in total. The van der Waals surface area contributed by atoms with Gasteiger partial charge in [0.15, 0.2) is 0 Å². The summed E-state index contributed by atoms with van der Waals surface area (Å²) in [6.45, 7) is 5.67. The maximum Gasteiger partial charge on any atom is 0.321 e. The molecule has 0 spiro atoms. The monoisotopic (exact) mass is 288 g/mol. The molecule has 0 aliphatic rings. The van der Waals surface area contributed by atoms with Crippen LogP contribution in [0, 0.1) is 0 Å². The fourth-order valence-corrected chi connectivity index (χ4v) is 3.81. The third kappa shape index (κ3) is 7.23. The van der Waals surface area contributed by atoms with Crippen LogP contribution in [0.5, 0.6) is 0 Å². The summed E-state index contributed by atoms with van der Waals surface area (Å²) >= 11 is 2.39. The number of hydrogen-bond donors (Lipinski definition) is 0. The number of halogens is 1. The van der Waals surface area contributed by atoms with Crippen molar-refractivity contribution in [3.05, 3.63) is 0 Å². The second kappa shape index (κ2) is 8.96. The van der Waals surface area contributed by atoms with Crippen molar-refractivity contribution in [2.24, 2.45) is 0 Å². The second-order valence-corrected chi connectivity index (χ2v) is 5.35. The topological polar surface area (TPSA) is 18.5 Å². The summed E-state index contributed by atoms with van der Waals surface area (Å²) in [6.07, 6.45) is 1.23. The molecule has 0 aromatic rings. The smallest absolute Gasteiger partial charge is 0.321 e. The summed E-state index contributed by atoms with van der Waals surface area (Å²) < 4.78 is 12.2. The zero-order chi connectivity index (χ0) is 8.53. The van der Waals surface area contributed by atoms with E-state index in [9.17, 15) is 0 Å². The number of alkyl halides is 1. The molecule has 0 aromatic carbocycles. The first-order chi connectivity index (χ1) is 5.35. The van der Waals surface area contributed by atoms with Crippen LogP contribution in [0.2, 0.25) is 6.04 Å². The van der Waals surface area contributed by atoms with Crippen molar-refractivity contribution in [1.82, 2.24) is 0 Å². The van der Waals surface area contributed by atoms with Crippen molar-refractivity contribution in [3.8, 4) is 0 Å². The predicted molar refractivity (Wildman–Crippen MR) is 58.7 cm³/mol. The predicted octanol–water partition coefficient (Wildman–Crippen LogP) is 2.10. The van der Waals surface area contributed by atoms with Gasteiger partial charge in [-0.1, -0.05) is 22.6 Å². The van der Waals surface area contributed by atoms with Crippen LogP contribution in [0.4, 0.5) is 0 Å². The summed E-state index contributed by atoms with van der Waals surface area (Å²) in [7, 11) is -1.26. The Morgan fingerprint density at radius 1 is 1.18 bits per heavy atom. The van der Waals surface area contributed by atoms with Gasteiger partial charge in [0, 0.05) is 13.2 Å². The molecule has 0 saturated carbocycles. The molecule has 0 unspecified atom stereocenters. The lowest BCUT2D eigenvalue weighted by molar-refractivity contribution is 0.213. The molecular weight excluding hydrogens is 271 g/mol. The van der Waals surface area contributed by atoms with Crippen molar-refractivity contribution >= 4 is 31.9 Å². The normalized spacial score (nSPS) is 10.9. The van der Waals surface area contributed by atoms with E-state index in [2.05, 4.69) is 22.6 Å². The Balaban J connectivity index is 3.34. The minimum atomic E-state index is -1.26. The molecule has 0 radical (unpaired) electrons. The van der Waals surface area contributed by atoms with E-state index in [-0.39, 0.29) is 0 Å². The molecule has 0 fully saturated rings. The summed E-state index contributed by atoms with van der Waals surface area (Å²) in [6, 6.07) is 1.16. The highest BCUT2D eigenvalue weighted by Crippen LogP contribution is 2.03. The third-order valence-corrected chi connectivity index (χ3v) is 4.33. The van der Waals surface area contributed by atoms with E-state index in [0.29, 0.717) is 0 Å². The van der Waals surface area contributed by atoms with Crippen molar-refractivity contribution in [2.45, 2.75) is 26.3 Å². The molecule has 0 aliphatic carbocycles. The highest BCUT2D eigenvalue weighted by molar-refractivity contribution is 14.1. The lowest BCUT2D eigenvalue weighted by Crippen LogP contribution is -2.22. The molecule has 68 valence electrons. The SMILES string of the molecule is CCO[SiH](CCCI)OCC. The van der Waals surface area contributed by atoms with Gasteiger partial charge < -0.3 is 8.85 Å². The molecule has 0 amide bonds. The Morgan fingerprint density at radius 2 is 1.73 bits per heavy atom. The minimum Gasteiger partial charge on any atom is -0.397 e. The number of hydrogen-bond acceptors (Lipinski definition) is 2. The van der Waals surface area contributed by atoms with E-state index >= 15 is 0 Å². The lowest BCUT2D eigenvalue weighted by atomic mass is 10.6. The standard InChI is InChI=1S/C7H17IO2Si/c1-3-9-11(10-4-2)7-5-6-8/h11H,3-7H2,1-2H3. The Labute approximate surface area is 84.6 Å². The van der Waals surface area contributed by atoms with Gasteiger partial charge in [-0.3, -0.25) is 0 Å². The molecule has 0 aromatic heterocycles. The zero-order valence-electron chi connectivity index (χ0n) is 7.31. The maximum atomic E-state index is 5.50. The summed E-state index contributed by atoms with van der Waals surface area (Å²) in [4.78, 5) is 0. The summed E-state index contributed by atoms with van der Waals surface area (Å²) in [5, 5.41) is 0. The van der Waals surface area contributed by atoms with Crippen LogP contribution in [-0.2, 0) is 8.85 Å². The molecule has 0 N–H and O–H groups in total. The first kappa shape index (κ1) is 11.9. The highest BCUT2D eigenvalue weighted by atomic mass is 127. The average molecular weight is 288 g/mol. The fourth-order valence-electron chi connectivity index (χ4n) is 0.830. The van der Waals surface area contributed by atoms with Crippen molar-refractivity contribution in [2.75, 3.05) is 17.6 Å². The molecule has 0 bridgehead atoms. The first-order valence-electron chi connectivity index (χ1n) is 4.14. The van der Waals surface area contributed by atoms with E-state index in [1.54, 1.807) is 0 Å². The molecule has 4 heteroatoms. The van der Waals surface area contributed by atoms with Gasteiger partial charge in [-0.25, -0.2) is 0 Å². The highest BCUT2D eigenvalue weighted by Gasteiger charge is 2.10. The Morgan fingerprint density at radius 3 is 2.09 bits per heavy atom. The van der Waals surface area contributed by atoms with Gasteiger partial charge in [0.25, 0.3) is 0 Å². The Bertz CT molecular complexity index is 76.8. The minimum absolute atomic E-state index is 0.804. The van der Waals surface area contributed by atoms with Crippen LogP contribution in [0.25, 0.3) is 0 Å². The largest absolute Gasteiger partial charge is 0.397 e. The summed E-state index contributed by atoms with van der Waals surface area (Å²) in [5.41, 5.74) is 0. The van der Waals surface area contributed by atoms with E-state index in [0.717, 1.165) is 19.3 Å². The molecule has 0 heterocycles. The lowest BCUT2D eigenvalue weighted by Gasteiger charge is -2.13. The third-order valence-electron chi connectivity index (χ3n) is 1.28. The quantitative estimate of drug-likeness (QED) is 0.406. The average Bonchev–Trinajstić information content (AvgIpc) is 2.01. The molecular formula is C7H17IO2Si. The maximum absolute atomic E-state index is 5.50. The Hall–Kier alpha value is 0.867. The van der Waals surface area contributed by atoms with E-state index in [1.807, 2.05) is 13.8 Å². The number of rotatable bonds is 7. The summed E-state index contributed by atoms with van der Waals surface area (Å²) in [5.74, 6) is 0. The first-order valence-corrected chi connectivity index (χ1v) is 7.42. The van der Waals surface area contributed by atoms with Gasteiger partial charge in [0.2, 0.25) is 0 Å². The molecule has 0 rings (SSSR count). The van der Waals surface area contributed by atoms with Gasteiger partial charge in [0.05, 0.1) is 0 Å². The van der Waals surface area contributed by atoms with Gasteiger partial charge in [-0.15, -0.1) is 0 Å². The van der Waals surface area contributed by atoms with Crippen molar-refractivity contribution < 1.29 is 8.85 Å². The van der Waals surface area contributed by atoms with E-state index in [4.69, 9.17) is 8.85 Å². The fraction of sp³-hybridized carbons (Fsp3) is 1.00. The van der Waals surface area contributed by atoms with Gasteiger partial charge in [0.1, 0.15) is 0 Å². The van der Waals surface area contributed by atoms with Crippen LogP contribution < -0.4 is 0 Å². The Kier molecular flexibility index (Phi) is 9.66. The van der Waals surface area contributed by atoms with Crippen LogP contribution in [0.1, 0.15) is 20.3 Å². The second-order valence-electron chi connectivity index (χ2n) is 2.17. The molecule has 11 heavy (non-hydrogen) atoms. The molecule has 0 atom stereocenters. The van der Waals surface area contributed by atoms with Crippen molar-refractivity contribution in [3.63, 3.8) is 0 Å². The van der Waals surface area contributed by atoms with Crippen LogP contribution in [0.15, 0.2) is 0 Å². The van der Waals surface area contributed by atoms with E-state index < -0.39 is 9.28 Å². The molecule has 0 saturated heterocycles. The van der Waals surface area contributed by atoms with Gasteiger partial charge in [-0.05, 0) is 30.7 Å². The zero-order valence-corrected chi connectivity index (χ0v) is 10.6. The van der Waals surface area contributed by atoms with Crippen LogP contribution >= 0.6 is 22.6 Å². The van der Waals surface area contributed by atoms with Gasteiger partial charge >= 0.3 is 9.28 Å². The van der Waals surface area contributed by atoms with Crippen LogP contribution in [0.3, 0.4) is 0 Å².